The summed E-state index contributed by atoms with van der Waals surface area (Å²) in [6.07, 6.45) is 0. The normalized spacial score (nSPS) is 15.7. The van der Waals surface area contributed by atoms with Crippen molar-refractivity contribution < 1.29 is 0 Å². The molecule has 0 aliphatic carbocycles. The Bertz CT molecular complexity index is 2280. The van der Waals surface area contributed by atoms with Gasteiger partial charge in [-0.05, 0) is 0 Å². The molecule has 6 heterocycles. The number of hydrogen-bond donors (Lipinski definition) is 0. The van der Waals surface area contributed by atoms with Crippen LogP contribution in [-0.2, 0) is 6.67 Å². The van der Waals surface area contributed by atoms with Gasteiger partial charge in [0, 0.05) is 43.8 Å². The van der Waals surface area contributed by atoms with Crippen molar-refractivity contribution in [2.24, 2.45) is 30.0 Å². The van der Waals surface area contributed by atoms with Gasteiger partial charge < -0.3 is 0 Å². The number of aliphatic imine (C=N–C) groups is 4. The fourth-order valence-electron chi connectivity index (χ4n) is 6.35. The highest BCUT2D eigenvalue weighted by Crippen LogP contribution is 2.40. The van der Waals surface area contributed by atoms with Gasteiger partial charge in [0.05, 0.1) is 0 Å². The van der Waals surface area contributed by atoms with Crippen molar-refractivity contribution in [3.63, 3.8) is 0 Å². The first-order valence-electron chi connectivity index (χ1n) is 13.5. The summed E-state index contributed by atoms with van der Waals surface area (Å²) >= 11 is 0. The SMILES string of the molecule is c1ccc2c(c1)C1=NC2=Nc2c3ccccc3c3n2Cn2c(c4ccccc4c2=NC2=NC(=N3)c3ccccc32)=N1. The van der Waals surface area contributed by atoms with Crippen molar-refractivity contribution in [3.05, 3.63) is 130 Å². The molecule has 0 atom stereocenters. The third-order valence-electron chi connectivity index (χ3n) is 8.21. The van der Waals surface area contributed by atoms with Crippen LogP contribution in [0.2, 0.25) is 0 Å². The Hall–Kier alpha value is -5.76. The first kappa shape index (κ1) is 21.1. The largest absolute Gasteiger partial charge is 0.291 e. The highest BCUT2D eigenvalue weighted by Gasteiger charge is 2.29. The Labute approximate surface area is 232 Å². The van der Waals surface area contributed by atoms with Gasteiger partial charge in [0.15, 0.2) is 23.3 Å². The number of aromatic nitrogens is 2. The number of amidine groups is 4. The van der Waals surface area contributed by atoms with Crippen LogP contribution in [0.4, 0.5) is 11.6 Å². The second kappa shape index (κ2) is 7.45. The summed E-state index contributed by atoms with van der Waals surface area (Å²) in [7, 11) is 0. The zero-order valence-corrected chi connectivity index (χ0v) is 21.5. The van der Waals surface area contributed by atoms with E-state index < -0.39 is 0 Å². The molecule has 0 N–H and O–H groups in total. The highest BCUT2D eigenvalue weighted by atomic mass is 15.3. The van der Waals surface area contributed by atoms with E-state index in [1.807, 2.05) is 48.5 Å². The molecule has 0 fully saturated rings. The first-order valence-corrected chi connectivity index (χ1v) is 13.5. The summed E-state index contributed by atoms with van der Waals surface area (Å²) in [4.78, 5) is 30.9. The molecule has 6 bridgehead atoms. The number of benzene rings is 4. The summed E-state index contributed by atoms with van der Waals surface area (Å²) in [5, 5.41) is 4.02. The van der Waals surface area contributed by atoms with E-state index in [-0.39, 0.29) is 0 Å². The van der Waals surface area contributed by atoms with Gasteiger partial charge in [-0.25, -0.2) is 30.0 Å². The Balaban J connectivity index is 1.48. The van der Waals surface area contributed by atoms with Crippen LogP contribution >= 0.6 is 0 Å². The van der Waals surface area contributed by atoms with Crippen molar-refractivity contribution in [2.45, 2.75) is 6.67 Å². The molecule has 4 aromatic carbocycles. The number of fused-ring (bicyclic) bond motifs is 14. The van der Waals surface area contributed by atoms with Crippen molar-refractivity contribution in [1.82, 2.24) is 9.13 Å². The lowest BCUT2D eigenvalue weighted by molar-refractivity contribution is 0.584. The van der Waals surface area contributed by atoms with Crippen LogP contribution < -0.4 is 11.0 Å². The Morgan fingerprint density at radius 1 is 0.366 bits per heavy atom. The minimum absolute atomic E-state index is 0.423. The lowest BCUT2D eigenvalue weighted by Crippen LogP contribution is -2.32. The molecule has 190 valence electrons. The molecule has 0 amide bonds. The average molecular weight is 527 g/mol. The molecule has 0 saturated carbocycles. The number of rotatable bonds is 0. The van der Waals surface area contributed by atoms with Gasteiger partial charge in [0.1, 0.15) is 29.3 Å². The molecule has 0 saturated heterocycles. The summed E-state index contributed by atoms with van der Waals surface area (Å²) in [6.45, 7) is 0.423. The van der Waals surface area contributed by atoms with E-state index in [4.69, 9.17) is 30.0 Å². The number of nitrogens with zero attached hydrogens (tertiary/aromatic N) is 8. The summed E-state index contributed by atoms with van der Waals surface area (Å²) < 4.78 is 4.31. The highest BCUT2D eigenvalue weighted by molar-refractivity contribution is 6.25. The molecule has 10 rings (SSSR count). The van der Waals surface area contributed by atoms with Crippen LogP contribution in [0.15, 0.2) is 127 Å². The maximum Gasteiger partial charge on any atom is 0.164 e. The van der Waals surface area contributed by atoms with E-state index in [0.717, 1.165) is 66.4 Å². The monoisotopic (exact) mass is 526 g/mol. The average Bonchev–Trinajstić information content (AvgIpc) is 3.72. The van der Waals surface area contributed by atoms with Gasteiger partial charge in [-0.1, -0.05) is 97.1 Å². The first-order chi connectivity index (χ1) is 20.3. The Morgan fingerprint density at radius 3 is 1.17 bits per heavy atom. The van der Waals surface area contributed by atoms with E-state index in [1.54, 1.807) is 0 Å². The molecule has 41 heavy (non-hydrogen) atoms. The molecule has 2 aromatic heterocycles. The van der Waals surface area contributed by atoms with E-state index in [1.165, 1.54) is 0 Å². The van der Waals surface area contributed by atoms with E-state index in [2.05, 4.69) is 57.7 Å². The minimum atomic E-state index is 0.423. The Morgan fingerprint density at radius 2 is 0.732 bits per heavy atom. The quantitative estimate of drug-likeness (QED) is 0.266. The van der Waals surface area contributed by atoms with E-state index >= 15 is 0 Å². The van der Waals surface area contributed by atoms with Gasteiger partial charge in [-0.15, -0.1) is 0 Å². The lowest BCUT2D eigenvalue weighted by Gasteiger charge is -2.12. The second-order valence-corrected chi connectivity index (χ2v) is 10.4. The Kier molecular flexibility index (Phi) is 3.84. The molecule has 0 spiro atoms. The van der Waals surface area contributed by atoms with Crippen LogP contribution in [-0.4, -0.2) is 32.5 Å². The van der Waals surface area contributed by atoms with Crippen molar-refractivity contribution in [2.75, 3.05) is 0 Å². The minimum Gasteiger partial charge on any atom is -0.291 e. The molecule has 8 heteroatoms. The molecule has 0 unspecified atom stereocenters. The van der Waals surface area contributed by atoms with Gasteiger partial charge >= 0.3 is 0 Å². The summed E-state index contributed by atoms with van der Waals surface area (Å²) in [5.74, 6) is 4.18. The topological polar surface area (TPSA) is 84.0 Å². The molecule has 4 aliphatic heterocycles. The summed E-state index contributed by atoms with van der Waals surface area (Å²) in [6, 6.07) is 32.9. The van der Waals surface area contributed by atoms with Crippen molar-refractivity contribution in [3.8, 4) is 0 Å². The number of hydrogen-bond acceptors (Lipinski definition) is 6. The van der Waals surface area contributed by atoms with Crippen molar-refractivity contribution >= 4 is 56.5 Å². The molecule has 8 nitrogen and oxygen atoms in total. The van der Waals surface area contributed by atoms with Crippen LogP contribution in [0, 0.1) is 0 Å². The molecular formula is C33H18N8. The predicted molar refractivity (Wildman–Crippen MR) is 160 cm³/mol. The standard InChI is InChI=1S/C33H18N8/c1-2-10-19-18(9-1)26-34-27(19)37-31-24-15-7-8-16-25(24)33-39-29-21-12-4-3-11-20(21)28(35-29)38-32-23-14-6-5-13-22(23)30(36-26)40(32)17-41(31)33/h1-16H,17H2. The van der Waals surface area contributed by atoms with E-state index in [9.17, 15) is 0 Å². The zero-order valence-electron chi connectivity index (χ0n) is 21.5. The molecule has 6 aromatic rings. The third kappa shape index (κ3) is 2.73. The maximum absolute atomic E-state index is 5.22. The van der Waals surface area contributed by atoms with Crippen LogP contribution in [0.1, 0.15) is 22.3 Å². The van der Waals surface area contributed by atoms with Gasteiger partial charge in [-0.2, -0.15) is 0 Å². The van der Waals surface area contributed by atoms with Crippen molar-refractivity contribution in [1.29, 1.82) is 0 Å². The van der Waals surface area contributed by atoms with E-state index in [0.29, 0.717) is 30.0 Å². The van der Waals surface area contributed by atoms with Gasteiger partial charge in [0.2, 0.25) is 0 Å². The lowest BCUT2D eigenvalue weighted by atomic mass is 10.1. The second-order valence-electron chi connectivity index (χ2n) is 10.4. The predicted octanol–water partition coefficient (Wildman–Crippen LogP) is 5.05. The molecular weight excluding hydrogens is 508 g/mol. The fraction of sp³-hybridized carbons (Fsp3) is 0.0303. The maximum atomic E-state index is 5.22. The summed E-state index contributed by atoms with van der Waals surface area (Å²) in [5.41, 5.74) is 5.45. The van der Waals surface area contributed by atoms with Crippen LogP contribution in [0.5, 0.6) is 0 Å². The van der Waals surface area contributed by atoms with Gasteiger partial charge in [0.25, 0.3) is 0 Å². The van der Waals surface area contributed by atoms with Crippen LogP contribution in [0.25, 0.3) is 21.5 Å². The molecule has 0 radical (unpaired) electrons. The molecule has 4 aliphatic rings. The zero-order chi connectivity index (χ0) is 26.7. The third-order valence-corrected chi connectivity index (χ3v) is 8.21. The smallest absolute Gasteiger partial charge is 0.164 e. The fourth-order valence-corrected chi connectivity index (χ4v) is 6.35. The van der Waals surface area contributed by atoms with Crippen LogP contribution in [0.3, 0.4) is 0 Å². The van der Waals surface area contributed by atoms with Gasteiger partial charge in [-0.3, -0.25) is 9.13 Å².